The lowest BCUT2D eigenvalue weighted by Gasteiger charge is -2.09. The van der Waals surface area contributed by atoms with Crippen LogP contribution in [0.25, 0.3) is 0 Å². The molecule has 0 saturated heterocycles. The zero-order valence-corrected chi connectivity index (χ0v) is 13.5. The van der Waals surface area contributed by atoms with Crippen LogP contribution in [0.15, 0.2) is 60.8 Å². The third-order valence-electron chi connectivity index (χ3n) is 3.35. The average Bonchev–Trinajstić information content (AvgIpc) is 2.58. The Morgan fingerprint density at radius 1 is 0.960 bits per heavy atom. The molecule has 2 N–H and O–H groups in total. The number of hydrogen-bond acceptors (Lipinski definition) is 3. The number of nitrogens with one attached hydrogen (secondary N) is 2. The van der Waals surface area contributed by atoms with Crippen molar-refractivity contribution in [2.24, 2.45) is 0 Å². The molecule has 0 aliphatic heterocycles. The normalized spacial score (nSPS) is 10.4. The fourth-order valence-corrected chi connectivity index (χ4v) is 2.40. The fourth-order valence-electron chi connectivity index (χ4n) is 2.15. The van der Waals surface area contributed by atoms with E-state index in [0.29, 0.717) is 11.5 Å². The maximum atomic E-state index is 13.7. The molecule has 25 heavy (non-hydrogen) atoms. The molecule has 7 heteroatoms. The minimum atomic E-state index is -0.712. The van der Waals surface area contributed by atoms with E-state index in [1.807, 2.05) is 0 Å². The lowest BCUT2D eigenvalue weighted by Crippen LogP contribution is -2.14. The quantitative estimate of drug-likeness (QED) is 0.688. The summed E-state index contributed by atoms with van der Waals surface area (Å²) < 4.78 is 27.3. The van der Waals surface area contributed by atoms with Crippen LogP contribution in [0.3, 0.4) is 0 Å². The van der Waals surface area contributed by atoms with Gasteiger partial charge >= 0.3 is 0 Å². The van der Waals surface area contributed by atoms with Gasteiger partial charge in [0.05, 0.1) is 28.2 Å². The van der Waals surface area contributed by atoms with Gasteiger partial charge in [-0.25, -0.2) is 13.8 Å². The molecule has 0 saturated carbocycles. The molecule has 126 valence electrons. The van der Waals surface area contributed by atoms with Crippen molar-refractivity contribution in [1.29, 1.82) is 0 Å². The van der Waals surface area contributed by atoms with Gasteiger partial charge in [0.1, 0.15) is 17.5 Å². The number of amides is 1. The van der Waals surface area contributed by atoms with E-state index in [-0.39, 0.29) is 16.3 Å². The van der Waals surface area contributed by atoms with Gasteiger partial charge in [-0.1, -0.05) is 29.8 Å². The van der Waals surface area contributed by atoms with Crippen LogP contribution < -0.4 is 10.6 Å². The third-order valence-corrected chi connectivity index (χ3v) is 3.66. The summed E-state index contributed by atoms with van der Waals surface area (Å²) in [6, 6.07) is 13.3. The van der Waals surface area contributed by atoms with E-state index in [1.165, 1.54) is 24.4 Å². The standard InChI is InChI=1S/C18H12ClF2N3O/c19-12-4-3-6-14(21)17(12)18(25)23-11-8-9-16(22-10-11)24-15-7-2-1-5-13(15)20/h1-10H,(H,22,24)(H,23,25). The topological polar surface area (TPSA) is 54.0 Å². The van der Waals surface area contributed by atoms with Crippen molar-refractivity contribution in [1.82, 2.24) is 4.98 Å². The van der Waals surface area contributed by atoms with Crippen molar-refractivity contribution in [2.45, 2.75) is 0 Å². The molecule has 1 aromatic heterocycles. The highest BCUT2D eigenvalue weighted by atomic mass is 35.5. The number of pyridine rings is 1. The van der Waals surface area contributed by atoms with Crippen molar-refractivity contribution in [3.05, 3.63) is 83.0 Å². The summed E-state index contributed by atoms with van der Waals surface area (Å²) in [5.41, 5.74) is 0.394. The number of halogens is 3. The second-order valence-corrected chi connectivity index (χ2v) is 5.49. The Hall–Kier alpha value is -2.99. The van der Waals surface area contributed by atoms with Crippen molar-refractivity contribution >= 4 is 34.7 Å². The van der Waals surface area contributed by atoms with E-state index in [2.05, 4.69) is 15.6 Å². The highest BCUT2D eigenvalue weighted by Crippen LogP contribution is 2.22. The Morgan fingerprint density at radius 2 is 1.72 bits per heavy atom. The first-order valence-electron chi connectivity index (χ1n) is 7.27. The SMILES string of the molecule is O=C(Nc1ccc(Nc2ccccc2F)nc1)c1c(F)cccc1Cl. The summed E-state index contributed by atoms with van der Waals surface area (Å²) in [4.78, 5) is 16.2. The van der Waals surface area contributed by atoms with Gasteiger partial charge in [-0.2, -0.15) is 0 Å². The lowest BCUT2D eigenvalue weighted by molar-refractivity contribution is 0.102. The van der Waals surface area contributed by atoms with Crippen LogP contribution in [0.1, 0.15) is 10.4 Å². The second-order valence-electron chi connectivity index (χ2n) is 5.09. The molecule has 3 aromatic rings. The Morgan fingerprint density at radius 3 is 2.40 bits per heavy atom. The van der Waals surface area contributed by atoms with E-state index in [4.69, 9.17) is 11.6 Å². The van der Waals surface area contributed by atoms with Gasteiger partial charge < -0.3 is 10.6 Å². The summed E-state index contributed by atoms with van der Waals surface area (Å²) >= 11 is 5.86. The van der Waals surface area contributed by atoms with E-state index >= 15 is 0 Å². The van der Waals surface area contributed by atoms with Gasteiger partial charge in [-0.15, -0.1) is 0 Å². The molecule has 4 nitrogen and oxygen atoms in total. The number of carbonyl (C=O) groups is 1. The number of nitrogens with zero attached hydrogens (tertiary/aromatic N) is 1. The highest BCUT2D eigenvalue weighted by Gasteiger charge is 2.16. The monoisotopic (exact) mass is 359 g/mol. The van der Waals surface area contributed by atoms with Gasteiger partial charge in [-0.3, -0.25) is 4.79 Å². The van der Waals surface area contributed by atoms with Crippen LogP contribution in [-0.4, -0.2) is 10.9 Å². The zero-order chi connectivity index (χ0) is 17.8. The number of benzene rings is 2. The van der Waals surface area contributed by atoms with Gasteiger partial charge in [0.2, 0.25) is 0 Å². The number of aromatic nitrogens is 1. The molecule has 0 radical (unpaired) electrons. The predicted molar refractivity (Wildman–Crippen MR) is 93.3 cm³/mol. The fraction of sp³-hybridized carbons (Fsp3) is 0. The molecule has 2 aromatic carbocycles. The molecule has 0 bridgehead atoms. The van der Waals surface area contributed by atoms with E-state index < -0.39 is 17.5 Å². The molecule has 1 heterocycles. The Balaban J connectivity index is 1.73. The average molecular weight is 360 g/mol. The first-order valence-corrected chi connectivity index (χ1v) is 7.65. The molecule has 0 spiro atoms. The van der Waals surface area contributed by atoms with Crippen molar-refractivity contribution in [3.63, 3.8) is 0 Å². The maximum absolute atomic E-state index is 13.7. The molecular weight excluding hydrogens is 348 g/mol. The van der Waals surface area contributed by atoms with Crippen molar-refractivity contribution in [3.8, 4) is 0 Å². The maximum Gasteiger partial charge on any atom is 0.260 e. The first kappa shape index (κ1) is 16.9. The first-order chi connectivity index (χ1) is 12.0. The van der Waals surface area contributed by atoms with E-state index in [1.54, 1.807) is 30.3 Å². The van der Waals surface area contributed by atoms with Crippen LogP contribution in [0.4, 0.5) is 26.0 Å². The third kappa shape index (κ3) is 3.92. The summed E-state index contributed by atoms with van der Waals surface area (Å²) in [6.07, 6.45) is 1.37. The van der Waals surface area contributed by atoms with Crippen LogP contribution in [0.5, 0.6) is 0 Å². The highest BCUT2D eigenvalue weighted by molar-refractivity contribution is 6.34. The van der Waals surface area contributed by atoms with Crippen LogP contribution in [-0.2, 0) is 0 Å². The van der Waals surface area contributed by atoms with Gasteiger partial charge in [-0.05, 0) is 36.4 Å². The minimum absolute atomic E-state index is 0.0169. The number of para-hydroxylation sites is 1. The van der Waals surface area contributed by atoms with Crippen molar-refractivity contribution in [2.75, 3.05) is 10.6 Å². The molecule has 0 atom stereocenters. The number of anilines is 3. The second kappa shape index (κ2) is 7.27. The number of hydrogen-bond donors (Lipinski definition) is 2. The van der Waals surface area contributed by atoms with Crippen LogP contribution in [0, 0.1) is 11.6 Å². The van der Waals surface area contributed by atoms with Crippen LogP contribution >= 0.6 is 11.6 Å². The Labute approximate surface area is 147 Å². The van der Waals surface area contributed by atoms with E-state index in [0.717, 1.165) is 6.07 Å². The smallest absolute Gasteiger partial charge is 0.260 e. The molecular formula is C18H12ClF2N3O. The minimum Gasteiger partial charge on any atom is -0.338 e. The number of carbonyl (C=O) groups excluding carboxylic acids is 1. The van der Waals surface area contributed by atoms with Gasteiger partial charge in [0, 0.05) is 0 Å². The van der Waals surface area contributed by atoms with Crippen LogP contribution in [0.2, 0.25) is 5.02 Å². The number of rotatable bonds is 4. The Kier molecular flexibility index (Phi) is 4.90. The summed E-state index contributed by atoms with van der Waals surface area (Å²) in [5.74, 6) is -1.40. The molecule has 0 unspecified atom stereocenters. The Bertz CT molecular complexity index is 896. The van der Waals surface area contributed by atoms with E-state index in [9.17, 15) is 13.6 Å². The molecule has 0 aliphatic rings. The van der Waals surface area contributed by atoms with Gasteiger partial charge in [0.15, 0.2) is 0 Å². The molecule has 0 aliphatic carbocycles. The molecule has 3 rings (SSSR count). The van der Waals surface area contributed by atoms with Crippen molar-refractivity contribution < 1.29 is 13.6 Å². The molecule has 1 amide bonds. The summed E-state index contributed by atoms with van der Waals surface area (Å²) in [7, 11) is 0. The predicted octanol–water partition coefficient (Wildman–Crippen LogP) is 5.01. The zero-order valence-electron chi connectivity index (χ0n) is 12.8. The lowest BCUT2D eigenvalue weighted by atomic mass is 10.2. The summed E-state index contributed by atoms with van der Waals surface area (Å²) in [6.45, 7) is 0. The molecule has 0 fully saturated rings. The summed E-state index contributed by atoms with van der Waals surface area (Å²) in [5, 5.41) is 5.35. The largest absolute Gasteiger partial charge is 0.338 e. The van der Waals surface area contributed by atoms with Gasteiger partial charge in [0.25, 0.3) is 5.91 Å².